The van der Waals surface area contributed by atoms with Gasteiger partial charge in [0.15, 0.2) is 0 Å². The lowest BCUT2D eigenvalue weighted by atomic mass is 10.2. The zero-order valence-electron chi connectivity index (χ0n) is 14.3. The number of likely N-dealkylation sites (N-methyl/N-ethyl adjacent to an activating group) is 1. The van der Waals surface area contributed by atoms with Crippen molar-refractivity contribution in [3.05, 3.63) is 0 Å². The Morgan fingerprint density at radius 1 is 0.571 bits per heavy atom. The van der Waals surface area contributed by atoms with Crippen LogP contribution in [0.2, 0.25) is 0 Å². The highest BCUT2D eigenvalue weighted by molar-refractivity contribution is 4.41. The molecule has 0 aromatic carbocycles. The van der Waals surface area contributed by atoms with Crippen LogP contribution in [0.1, 0.15) is 32.6 Å². The van der Waals surface area contributed by atoms with E-state index in [9.17, 15) is 0 Å². The van der Waals surface area contributed by atoms with Crippen LogP contribution in [0.5, 0.6) is 0 Å². The van der Waals surface area contributed by atoms with Crippen molar-refractivity contribution in [2.75, 3.05) is 73.5 Å². The summed E-state index contributed by atoms with van der Waals surface area (Å²) < 4.78 is 21.7. The van der Waals surface area contributed by atoms with E-state index < -0.39 is 0 Å². The summed E-state index contributed by atoms with van der Waals surface area (Å²) in [5.41, 5.74) is 0. The molecule has 128 valence electrons. The van der Waals surface area contributed by atoms with E-state index in [1.807, 2.05) is 14.1 Å². The number of hydrogen-bond acceptors (Lipinski definition) is 5. The first-order valence-corrected chi connectivity index (χ1v) is 8.23. The molecule has 21 heavy (non-hydrogen) atoms. The Bertz CT molecular complexity index is 191. The number of rotatable bonds is 17. The van der Waals surface area contributed by atoms with E-state index in [1.165, 1.54) is 19.3 Å². The van der Waals surface area contributed by atoms with Gasteiger partial charge in [-0.25, -0.2) is 0 Å². The summed E-state index contributed by atoms with van der Waals surface area (Å²) in [5, 5.41) is 0. The molecule has 5 nitrogen and oxygen atoms in total. The molecule has 0 atom stereocenters. The monoisotopic (exact) mass is 305 g/mol. The Kier molecular flexibility index (Phi) is 17.7. The van der Waals surface area contributed by atoms with E-state index in [-0.39, 0.29) is 0 Å². The molecular weight excluding hydrogens is 270 g/mol. The maximum absolute atomic E-state index is 5.48. The first-order chi connectivity index (χ1) is 10.3. The molecule has 0 saturated heterocycles. The van der Waals surface area contributed by atoms with Crippen molar-refractivity contribution >= 4 is 0 Å². The predicted molar refractivity (Wildman–Crippen MR) is 86.0 cm³/mol. The second kappa shape index (κ2) is 17.9. The third kappa shape index (κ3) is 19.8. The normalized spacial score (nSPS) is 11.4. The van der Waals surface area contributed by atoms with Gasteiger partial charge in [0.2, 0.25) is 0 Å². The second-order valence-electron chi connectivity index (χ2n) is 5.31. The maximum Gasteiger partial charge on any atom is 0.0701 e. The van der Waals surface area contributed by atoms with Gasteiger partial charge in [-0.15, -0.1) is 0 Å². The van der Waals surface area contributed by atoms with Crippen LogP contribution < -0.4 is 0 Å². The summed E-state index contributed by atoms with van der Waals surface area (Å²) in [6, 6.07) is 0. The molecule has 0 aliphatic heterocycles. The van der Waals surface area contributed by atoms with E-state index in [0.717, 1.165) is 26.2 Å². The van der Waals surface area contributed by atoms with Gasteiger partial charge in [0.1, 0.15) is 0 Å². The minimum Gasteiger partial charge on any atom is -0.379 e. The van der Waals surface area contributed by atoms with Gasteiger partial charge in [0, 0.05) is 13.2 Å². The van der Waals surface area contributed by atoms with E-state index in [2.05, 4.69) is 11.8 Å². The highest BCUT2D eigenvalue weighted by atomic mass is 16.6. The predicted octanol–water partition coefficient (Wildman–Crippen LogP) is 2.19. The van der Waals surface area contributed by atoms with E-state index >= 15 is 0 Å². The zero-order valence-corrected chi connectivity index (χ0v) is 14.3. The maximum atomic E-state index is 5.48. The fraction of sp³-hybridized carbons (Fsp3) is 1.00. The number of nitrogens with zero attached hydrogens (tertiary/aromatic N) is 1. The van der Waals surface area contributed by atoms with Crippen LogP contribution >= 0.6 is 0 Å². The molecule has 0 heterocycles. The molecule has 0 rings (SSSR count). The van der Waals surface area contributed by atoms with Gasteiger partial charge in [-0.2, -0.15) is 0 Å². The van der Waals surface area contributed by atoms with Crippen LogP contribution in [0.3, 0.4) is 0 Å². The molecule has 0 aromatic heterocycles. The standard InChI is InChI=1S/C16H35NO4/c1-4-5-6-7-9-18-11-13-20-15-16-21-14-12-19-10-8-17(2)3/h4-16H2,1-3H3. The first kappa shape index (κ1) is 20.8. The Morgan fingerprint density at radius 3 is 1.52 bits per heavy atom. The van der Waals surface area contributed by atoms with Crippen molar-refractivity contribution in [3.63, 3.8) is 0 Å². The summed E-state index contributed by atoms with van der Waals surface area (Å²) >= 11 is 0. The Morgan fingerprint density at radius 2 is 1.05 bits per heavy atom. The average Bonchev–Trinajstić information content (AvgIpc) is 2.46. The molecule has 0 saturated carbocycles. The number of hydrogen-bond donors (Lipinski definition) is 0. The smallest absolute Gasteiger partial charge is 0.0701 e. The largest absolute Gasteiger partial charge is 0.379 e. The Hall–Kier alpha value is -0.200. The van der Waals surface area contributed by atoms with E-state index in [1.54, 1.807) is 0 Å². The van der Waals surface area contributed by atoms with Crippen molar-refractivity contribution in [2.24, 2.45) is 0 Å². The number of unbranched alkanes of at least 4 members (excludes halogenated alkanes) is 3. The highest BCUT2D eigenvalue weighted by Crippen LogP contribution is 1.98. The van der Waals surface area contributed by atoms with Crippen molar-refractivity contribution in [1.82, 2.24) is 4.90 Å². The fourth-order valence-electron chi connectivity index (χ4n) is 1.64. The van der Waals surface area contributed by atoms with Gasteiger partial charge in [0.25, 0.3) is 0 Å². The van der Waals surface area contributed by atoms with E-state index in [4.69, 9.17) is 18.9 Å². The van der Waals surface area contributed by atoms with Gasteiger partial charge in [-0.3, -0.25) is 0 Å². The minimum absolute atomic E-state index is 0.619. The lowest BCUT2D eigenvalue weighted by molar-refractivity contribution is -0.00324. The van der Waals surface area contributed by atoms with Crippen LogP contribution in [0.25, 0.3) is 0 Å². The summed E-state index contributed by atoms with van der Waals surface area (Å²) in [4.78, 5) is 2.10. The van der Waals surface area contributed by atoms with Crippen LogP contribution in [0.4, 0.5) is 0 Å². The molecule has 0 radical (unpaired) electrons. The topological polar surface area (TPSA) is 40.2 Å². The van der Waals surface area contributed by atoms with Gasteiger partial charge in [0.05, 0.1) is 46.2 Å². The summed E-state index contributed by atoms with van der Waals surface area (Å²) in [6.07, 6.45) is 4.99. The van der Waals surface area contributed by atoms with Gasteiger partial charge in [-0.1, -0.05) is 26.2 Å². The third-order valence-electron chi connectivity index (χ3n) is 2.94. The Labute approximate surface area is 130 Å². The van der Waals surface area contributed by atoms with Gasteiger partial charge < -0.3 is 23.8 Å². The molecule has 0 aliphatic rings. The van der Waals surface area contributed by atoms with Crippen molar-refractivity contribution in [2.45, 2.75) is 32.6 Å². The molecule has 0 fully saturated rings. The van der Waals surface area contributed by atoms with Crippen molar-refractivity contribution in [1.29, 1.82) is 0 Å². The minimum atomic E-state index is 0.619. The number of ether oxygens (including phenoxy) is 4. The van der Waals surface area contributed by atoms with Crippen LogP contribution in [-0.4, -0.2) is 78.4 Å². The van der Waals surface area contributed by atoms with Gasteiger partial charge >= 0.3 is 0 Å². The van der Waals surface area contributed by atoms with Crippen molar-refractivity contribution < 1.29 is 18.9 Å². The van der Waals surface area contributed by atoms with Crippen LogP contribution in [-0.2, 0) is 18.9 Å². The zero-order chi connectivity index (χ0) is 15.6. The first-order valence-electron chi connectivity index (χ1n) is 8.23. The van der Waals surface area contributed by atoms with Crippen LogP contribution in [0.15, 0.2) is 0 Å². The summed E-state index contributed by atoms with van der Waals surface area (Å²) in [7, 11) is 4.07. The summed E-state index contributed by atoms with van der Waals surface area (Å²) in [6.45, 7) is 8.61. The molecule has 0 spiro atoms. The fourth-order valence-corrected chi connectivity index (χ4v) is 1.64. The molecule has 0 aliphatic carbocycles. The quantitative estimate of drug-likeness (QED) is 0.385. The lowest BCUT2D eigenvalue weighted by Crippen LogP contribution is -2.19. The average molecular weight is 305 g/mol. The van der Waals surface area contributed by atoms with Gasteiger partial charge in [-0.05, 0) is 20.5 Å². The molecule has 0 aromatic rings. The van der Waals surface area contributed by atoms with Crippen LogP contribution in [0, 0.1) is 0 Å². The molecule has 0 bridgehead atoms. The molecule has 0 amide bonds. The second-order valence-corrected chi connectivity index (χ2v) is 5.31. The SMILES string of the molecule is CCCCCCOCCOCCOCCOCCN(C)C. The molecule has 5 heteroatoms. The van der Waals surface area contributed by atoms with Crippen molar-refractivity contribution in [3.8, 4) is 0 Å². The molecule has 0 N–H and O–H groups in total. The lowest BCUT2D eigenvalue weighted by Gasteiger charge is -2.10. The van der Waals surface area contributed by atoms with E-state index in [0.29, 0.717) is 39.6 Å². The third-order valence-corrected chi connectivity index (χ3v) is 2.94. The highest BCUT2D eigenvalue weighted by Gasteiger charge is 1.94. The Balaban J connectivity index is 2.93. The molecule has 0 unspecified atom stereocenters. The molecular formula is C16H35NO4. The summed E-state index contributed by atoms with van der Waals surface area (Å²) in [5.74, 6) is 0.